The number of ether oxygens (including phenoxy) is 3. The molecule has 1 N–H and O–H groups in total. The maximum Gasteiger partial charge on any atom is 0.251 e. The van der Waals surface area contributed by atoms with E-state index in [9.17, 15) is 4.79 Å². The lowest BCUT2D eigenvalue weighted by Crippen LogP contribution is -2.43. The molecule has 2 aliphatic rings. The molecule has 4 rings (SSSR count). The summed E-state index contributed by atoms with van der Waals surface area (Å²) in [5, 5.41) is 3.08. The van der Waals surface area contributed by atoms with Gasteiger partial charge in [-0.25, -0.2) is 0 Å². The number of carbonyl (C=O) groups excluding carboxylic acids is 1. The van der Waals surface area contributed by atoms with Crippen LogP contribution in [-0.2, 0) is 4.74 Å². The monoisotopic (exact) mass is 432 g/mol. The zero-order chi connectivity index (χ0) is 18.6. The zero-order valence-corrected chi connectivity index (χ0v) is 16.4. The van der Waals surface area contributed by atoms with Gasteiger partial charge in [-0.2, -0.15) is 0 Å². The average molecular weight is 433 g/mol. The van der Waals surface area contributed by atoms with Gasteiger partial charge in [-0.1, -0.05) is 28.1 Å². The molecular formula is C20H21BrN2O4. The van der Waals surface area contributed by atoms with E-state index in [0.29, 0.717) is 25.3 Å². The first-order valence-corrected chi connectivity index (χ1v) is 9.75. The van der Waals surface area contributed by atoms with E-state index in [1.807, 2.05) is 42.5 Å². The fourth-order valence-electron chi connectivity index (χ4n) is 3.39. The van der Waals surface area contributed by atoms with Gasteiger partial charge in [0.15, 0.2) is 11.5 Å². The lowest BCUT2D eigenvalue weighted by atomic mass is 10.0. The molecule has 2 aromatic carbocycles. The van der Waals surface area contributed by atoms with Crippen molar-refractivity contribution in [1.29, 1.82) is 0 Å². The van der Waals surface area contributed by atoms with E-state index in [0.717, 1.165) is 34.6 Å². The smallest absolute Gasteiger partial charge is 0.251 e. The third-order valence-electron chi connectivity index (χ3n) is 4.81. The number of nitrogens with one attached hydrogen (secondary N) is 1. The van der Waals surface area contributed by atoms with E-state index < -0.39 is 0 Å². The fourth-order valence-corrected chi connectivity index (χ4v) is 3.79. The highest BCUT2D eigenvalue weighted by Gasteiger charge is 2.25. The van der Waals surface area contributed by atoms with Crippen molar-refractivity contribution in [3.8, 4) is 11.5 Å². The minimum Gasteiger partial charge on any atom is -0.454 e. The maximum absolute atomic E-state index is 12.6. The molecule has 2 aliphatic heterocycles. The molecule has 0 aromatic heterocycles. The van der Waals surface area contributed by atoms with Gasteiger partial charge in [0.25, 0.3) is 5.91 Å². The number of benzene rings is 2. The van der Waals surface area contributed by atoms with Crippen LogP contribution in [0, 0.1) is 0 Å². The largest absolute Gasteiger partial charge is 0.454 e. The minimum absolute atomic E-state index is 0.0412. The van der Waals surface area contributed by atoms with Gasteiger partial charge in [0.1, 0.15) is 0 Å². The van der Waals surface area contributed by atoms with Crippen LogP contribution in [-0.4, -0.2) is 50.4 Å². The van der Waals surface area contributed by atoms with E-state index in [4.69, 9.17) is 14.2 Å². The number of morpholine rings is 1. The topological polar surface area (TPSA) is 60.0 Å². The Labute approximate surface area is 166 Å². The first kappa shape index (κ1) is 18.3. The molecule has 1 amide bonds. The number of halogens is 1. The predicted molar refractivity (Wildman–Crippen MR) is 104 cm³/mol. The first-order chi connectivity index (χ1) is 13.2. The van der Waals surface area contributed by atoms with Crippen molar-refractivity contribution >= 4 is 21.8 Å². The standard InChI is InChI=1S/C20H21BrN2O4/c21-16-3-1-2-15(10-16)20(24)22-12-17(23-6-8-25-9-7-23)14-4-5-18-19(11-14)27-13-26-18/h1-5,10-11,17H,6-9,12-13H2,(H,22,24). The number of nitrogens with zero attached hydrogens (tertiary/aromatic N) is 1. The molecule has 2 heterocycles. The molecule has 6 nitrogen and oxygen atoms in total. The molecule has 1 unspecified atom stereocenters. The Morgan fingerprint density at radius 2 is 1.93 bits per heavy atom. The van der Waals surface area contributed by atoms with Crippen LogP contribution in [0.25, 0.3) is 0 Å². The molecule has 1 saturated heterocycles. The summed E-state index contributed by atoms with van der Waals surface area (Å²) in [6.45, 7) is 3.80. The Morgan fingerprint density at radius 1 is 1.11 bits per heavy atom. The molecule has 0 aliphatic carbocycles. The summed E-state index contributed by atoms with van der Waals surface area (Å²) in [5.41, 5.74) is 1.73. The Hall–Kier alpha value is -2.09. The second-order valence-electron chi connectivity index (χ2n) is 6.50. The van der Waals surface area contributed by atoms with Gasteiger partial charge in [-0.15, -0.1) is 0 Å². The SMILES string of the molecule is O=C(NCC(c1ccc2c(c1)OCO2)N1CCOCC1)c1cccc(Br)c1. The van der Waals surface area contributed by atoms with Crippen molar-refractivity contribution in [3.63, 3.8) is 0 Å². The van der Waals surface area contributed by atoms with Gasteiger partial charge in [0.05, 0.1) is 19.3 Å². The maximum atomic E-state index is 12.6. The second kappa shape index (κ2) is 8.29. The summed E-state index contributed by atoms with van der Waals surface area (Å²) in [6.07, 6.45) is 0. The van der Waals surface area contributed by atoms with E-state index in [1.54, 1.807) is 0 Å². The van der Waals surface area contributed by atoms with E-state index in [1.165, 1.54) is 0 Å². The molecule has 2 aromatic rings. The summed E-state index contributed by atoms with van der Waals surface area (Å²) in [7, 11) is 0. The van der Waals surface area contributed by atoms with E-state index in [2.05, 4.69) is 26.1 Å². The molecular weight excluding hydrogens is 412 g/mol. The lowest BCUT2D eigenvalue weighted by Gasteiger charge is -2.35. The molecule has 0 radical (unpaired) electrons. The molecule has 7 heteroatoms. The number of fused-ring (bicyclic) bond motifs is 1. The van der Waals surface area contributed by atoms with Gasteiger partial charge in [-0.3, -0.25) is 9.69 Å². The van der Waals surface area contributed by atoms with Crippen molar-refractivity contribution in [2.75, 3.05) is 39.6 Å². The van der Waals surface area contributed by atoms with Crippen molar-refractivity contribution in [2.24, 2.45) is 0 Å². The summed E-state index contributed by atoms with van der Waals surface area (Å²) in [6, 6.07) is 13.4. The van der Waals surface area contributed by atoms with Crippen LogP contribution in [0.5, 0.6) is 11.5 Å². The number of carbonyl (C=O) groups is 1. The normalized spacial score (nSPS) is 17.5. The quantitative estimate of drug-likeness (QED) is 0.786. The van der Waals surface area contributed by atoms with Crippen LogP contribution in [0.4, 0.5) is 0 Å². The van der Waals surface area contributed by atoms with Crippen LogP contribution < -0.4 is 14.8 Å². The summed E-state index contributed by atoms with van der Waals surface area (Å²) in [4.78, 5) is 14.9. The lowest BCUT2D eigenvalue weighted by molar-refractivity contribution is 0.0162. The van der Waals surface area contributed by atoms with Gasteiger partial charge in [-0.05, 0) is 35.9 Å². The molecule has 1 fully saturated rings. The van der Waals surface area contributed by atoms with E-state index >= 15 is 0 Å². The molecule has 0 bridgehead atoms. The van der Waals surface area contributed by atoms with Crippen molar-refractivity contribution < 1.29 is 19.0 Å². The summed E-state index contributed by atoms with van der Waals surface area (Å²) >= 11 is 3.41. The van der Waals surface area contributed by atoms with Crippen LogP contribution in [0.3, 0.4) is 0 Å². The van der Waals surface area contributed by atoms with Crippen LogP contribution in [0.2, 0.25) is 0 Å². The number of hydrogen-bond acceptors (Lipinski definition) is 5. The minimum atomic E-state index is -0.0877. The Morgan fingerprint density at radius 3 is 2.74 bits per heavy atom. The van der Waals surface area contributed by atoms with Gasteiger partial charge in [0.2, 0.25) is 6.79 Å². The number of rotatable bonds is 5. The third kappa shape index (κ3) is 4.26. The molecule has 27 heavy (non-hydrogen) atoms. The molecule has 0 saturated carbocycles. The zero-order valence-electron chi connectivity index (χ0n) is 14.8. The van der Waals surface area contributed by atoms with Crippen molar-refractivity contribution in [2.45, 2.75) is 6.04 Å². The van der Waals surface area contributed by atoms with Gasteiger partial charge in [0, 0.05) is 29.7 Å². The van der Waals surface area contributed by atoms with Crippen LogP contribution >= 0.6 is 15.9 Å². The average Bonchev–Trinajstić information content (AvgIpc) is 3.17. The molecule has 1 atom stereocenters. The van der Waals surface area contributed by atoms with Crippen LogP contribution in [0.15, 0.2) is 46.9 Å². The third-order valence-corrected chi connectivity index (χ3v) is 5.30. The highest BCUT2D eigenvalue weighted by atomic mass is 79.9. The van der Waals surface area contributed by atoms with Crippen molar-refractivity contribution in [3.05, 3.63) is 58.1 Å². The summed E-state index contributed by atoms with van der Waals surface area (Å²) in [5.74, 6) is 1.43. The fraction of sp³-hybridized carbons (Fsp3) is 0.350. The van der Waals surface area contributed by atoms with Crippen LogP contribution in [0.1, 0.15) is 22.0 Å². The highest BCUT2D eigenvalue weighted by molar-refractivity contribution is 9.10. The van der Waals surface area contributed by atoms with Gasteiger partial charge < -0.3 is 19.5 Å². The highest BCUT2D eigenvalue weighted by Crippen LogP contribution is 2.35. The Balaban J connectivity index is 1.52. The number of hydrogen-bond donors (Lipinski definition) is 1. The van der Waals surface area contributed by atoms with Gasteiger partial charge >= 0.3 is 0 Å². The van der Waals surface area contributed by atoms with Crippen molar-refractivity contribution in [1.82, 2.24) is 10.2 Å². The first-order valence-electron chi connectivity index (χ1n) is 8.96. The second-order valence-corrected chi connectivity index (χ2v) is 7.41. The number of amides is 1. The predicted octanol–water partition coefficient (Wildman–Crippen LogP) is 2.98. The Kier molecular flexibility index (Phi) is 5.61. The van der Waals surface area contributed by atoms with E-state index in [-0.39, 0.29) is 18.7 Å². The Bertz CT molecular complexity index is 823. The molecule has 142 valence electrons. The molecule has 0 spiro atoms. The summed E-state index contributed by atoms with van der Waals surface area (Å²) < 4.78 is 17.3.